The normalized spacial score (nSPS) is 23.9. The number of fused-ring (bicyclic) bond motifs is 2. The molecular formula is C23H27NO5. The lowest BCUT2D eigenvalue weighted by Crippen LogP contribution is -2.51. The van der Waals surface area contributed by atoms with E-state index in [1.165, 1.54) is 0 Å². The second-order valence-corrected chi connectivity index (χ2v) is 8.26. The Labute approximate surface area is 170 Å². The Balaban J connectivity index is 1.21. The fraction of sp³-hybridized carbons (Fsp3) is 0.478. The van der Waals surface area contributed by atoms with Crippen LogP contribution < -0.4 is 14.2 Å². The van der Waals surface area contributed by atoms with Crippen LogP contribution in [0.1, 0.15) is 42.6 Å². The number of benzene rings is 2. The van der Waals surface area contributed by atoms with Crippen molar-refractivity contribution in [3.63, 3.8) is 0 Å². The molecule has 0 unspecified atom stereocenters. The number of rotatable bonds is 3. The summed E-state index contributed by atoms with van der Waals surface area (Å²) in [6, 6.07) is 13.4. The smallest absolute Gasteiger partial charge is 0.161 e. The van der Waals surface area contributed by atoms with Crippen LogP contribution >= 0.6 is 0 Å². The maximum absolute atomic E-state index is 10.7. The highest BCUT2D eigenvalue weighted by molar-refractivity contribution is 5.44. The van der Waals surface area contributed by atoms with Gasteiger partial charge in [-0.25, -0.2) is 0 Å². The molecule has 0 aliphatic carbocycles. The summed E-state index contributed by atoms with van der Waals surface area (Å²) in [5.41, 5.74) is 1.41. The zero-order valence-corrected chi connectivity index (χ0v) is 16.4. The van der Waals surface area contributed by atoms with Gasteiger partial charge in [0, 0.05) is 31.6 Å². The molecule has 0 bridgehead atoms. The fourth-order valence-corrected chi connectivity index (χ4v) is 4.65. The van der Waals surface area contributed by atoms with E-state index in [9.17, 15) is 10.2 Å². The maximum atomic E-state index is 10.7. The Bertz CT molecular complexity index is 877. The summed E-state index contributed by atoms with van der Waals surface area (Å²) in [7, 11) is 0. The van der Waals surface area contributed by atoms with Crippen molar-refractivity contribution in [1.29, 1.82) is 0 Å². The SMILES string of the molecule is O[C@H](CN1CCC2(CC1)C[C@H](O)c1ccccc1O2)c1ccc2c(c1)OCCO2. The lowest BCUT2D eigenvalue weighted by molar-refractivity contribution is -0.0587. The van der Waals surface area contributed by atoms with Crippen LogP contribution in [0.25, 0.3) is 0 Å². The molecule has 0 saturated carbocycles. The number of hydrogen-bond acceptors (Lipinski definition) is 6. The molecule has 2 aromatic rings. The Morgan fingerprint density at radius 3 is 2.59 bits per heavy atom. The van der Waals surface area contributed by atoms with Gasteiger partial charge in [0.2, 0.25) is 0 Å². The van der Waals surface area contributed by atoms with E-state index < -0.39 is 12.2 Å². The number of likely N-dealkylation sites (tertiary alicyclic amines) is 1. The van der Waals surface area contributed by atoms with E-state index in [-0.39, 0.29) is 5.60 Å². The summed E-state index contributed by atoms with van der Waals surface area (Å²) in [6.07, 6.45) is 1.24. The monoisotopic (exact) mass is 397 g/mol. The van der Waals surface area contributed by atoms with E-state index >= 15 is 0 Å². The Kier molecular flexibility index (Phi) is 4.86. The molecule has 1 saturated heterocycles. The van der Waals surface area contributed by atoms with Crippen LogP contribution in [0.2, 0.25) is 0 Å². The molecule has 2 atom stereocenters. The minimum Gasteiger partial charge on any atom is -0.487 e. The molecule has 29 heavy (non-hydrogen) atoms. The average molecular weight is 397 g/mol. The Morgan fingerprint density at radius 2 is 1.76 bits per heavy atom. The summed E-state index contributed by atoms with van der Waals surface area (Å²) in [4.78, 5) is 2.27. The zero-order valence-electron chi connectivity index (χ0n) is 16.4. The molecule has 2 aromatic carbocycles. The number of hydrogen-bond donors (Lipinski definition) is 2. The van der Waals surface area contributed by atoms with Gasteiger partial charge in [0.25, 0.3) is 0 Å². The highest BCUT2D eigenvalue weighted by atomic mass is 16.6. The average Bonchev–Trinajstić information content (AvgIpc) is 2.75. The van der Waals surface area contributed by atoms with E-state index in [2.05, 4.69) is 4.90 Å². The van der Waals surface area contributed by atoms with Gasteiger partial charge in [-0.3, -0.25) is 0 Å². The van der Waals surface area contributed by atoms with Crippen LogP contribution in [-0.2, 0) is 0 Å². The summed E-state index contributed by atoms with van der Waals surface area (Å²) in [5.74, 6) is 2.24. The number of nitrogens with zero attached hydrogens (tertiary/aromatic N) is 1. The predicted octanol–water partition coefficient (Wildman–Crippen LogP) is 2.84. The first-order valence-electron chi connectivity index (χ1n) is 10.4. The first kappa shape index (κ1) is 18.7. The summed E-state index contributed by atoms with van der Waals surface area (Å²) < 4.78 is 17.5. The second-order valence-electron chi connectivity index (χ2n) is 8.26. The first-order chi connectivity index (χ1) is 14.1. The predicted molar refractivity (Wildman–Crippen MR) is 107 cm³/mol. The number of ether oxygens (including phenoxy) is 3. The van der Waals surface area contributed by atoms with Crippen molar-refractivity contribution >= 4 is 0 Å². The van der Waals surface area contributed by atoms with Gasteiger partial charge in [-0.2, -0.15) is 0 Å². The third-order valence-corrected chi connectivity index (χ3v) is 6.32. The molecule has 154 valence electrons. The van der Waals surface area contributed by atoms with E-state index in [0.717, 1.165) is 48.6 Å². The Morgan fingerprint density at radius 1 is 1.00 bits per heavy atom. The fourth-order valence-electron chi connectivity index (χ4n) is 4.65. The molecule has 1 fully saturated rings. The van der Waals surface area contributed by atoms with Crippen LogP contribution in [0.4, 0.5) is 0 Å². The van der Waals surface area contributed by atoms with Crippen LogP contribution in [0.5, 0.6) is 17.2 Å². The van der Waals surface area contributed by atoms with Crippen molar-refractivity contribution in [2.75, 3.05) is 32.8 Å². The quantitative estimate of drug-likeness (QED) is 0.830. The molecule has 6 nitrogen and oxygen atoms in total. The summed E-state index contributed by atoms with van der Waals surface area (Å²) in [5, 5.41) is 21.3. The number of piperidine rings is 1. The molecule has 5 rings (SSSR count). The van der Waals surface area contributed by atoms with Crippen molar-refractivity contribution < 1.29 is 24.4 Å². The third kappa shape index (κ3) is 3.68. The van der Waals surface area contributed by atoms with E-state index in [0.29, 0.717) is 31.9 Å². The molecule has 0 aromatic heterocycles. The molecule has 3 aliphatic heterocycles. The molecule has 2 N–H and O–H groups in total. The molecule has 1 spiro atoms. The van der Waals surface area contributed by atoms with Crippen LogP contribution in [0, 0.1) is 0 Å². The molecule has 3 heterocycles. The van der Waals surface area contributed by atoms with E-state index in [1.54, 1.807) is 0 Å². The highest BCUT2D eigenvalue weighted by Crippen LogP contribution is 2.44. The summed E-state index contributed by atoms with van der Waals surface area (Å²) >= 11 is 0. The second kappa shape index (κ2) is 7.52. The molecule has 0 radical (unpaired) electrons. The van der Waals surface area contributed by atoms with Gasteiger partial charge in [-0.05, 0) is 36.6 Å². The standard InChI is InChI=1S/C23H27NO5/c25-18-14-23(29-20-4-2-1-3-17(18)20)7-9-24(10-8-23)15-19(26)16-5-6-21-22(13-16)28-12-11-27-21/h1-6,13,18-19,25-26H,7-12,14-15H2/t18-,19+/m0/s1. The van der Waals surface area contributed by atoms with E-state index in [1.807, 2.05) is 42.5 Å². The maximum Gasteiger partial charge on any atom is 0.161 e. The van der Waals surface area contributed by atoms with Crippen molar-refractivity contribution in [2.45, 2.75) is 37.1 Å². The minimum absolute atomic E-state index is 0.313. The van der Waals surface area contributed by atoms with Gasteiger partial charge in [0.15, 0.2) is 11.5 Å². The van der Waals surface area contributed by atoms with Crippen LogP contribution in [-0.4, -0.2) is 53.6 Å². The van der Waals surface area contributed by atoms with E-state index in [4.69, 9.17) is 14.2 Å². The number of aliphatic hydroxyl groups is 2. The largest absolute Gasteiger partial charge is 0.487 e. The van der Waals surface area contributed by atoms with Crippen molar-refractivity contribution in [1.82, 2.24) is 4.90 Å². The van der Waals surface area contributed by atoms with Crippen molar-refractivity contribution in [3.05, 3.63) is 53.6 Å². The van der Waals surface area contributed by atoms with Crippen LogP contribution in [0.3, 0.4) is 0 Å². The van der Waals surface area contributed by atoms with Gasteiger partial charge in [0.05, 0.1) is 12.2 Å². The van der Waals surface area contributed by atoms with Gasteiger partial charge < -0.3 is 29.3 Å². The number of para-hydroxylation sites is 1. The van der Waals surface area contributed by atoms with Gasteiger partial charge in [0.1, 0.15) is 24.6 Å². The Hall–Kier alpha value is -2.28. The number of β-amino-alcohol motifs (C(OH)–C–C–N with tert-alkyl or cyclic N) is 1. The van der Waals surface area contributed by atoms with Gasteiger partial charge >= 0.3 is 0 Å². The van der Waals surface area contributed by atoms with Crippen molar-refractivity contribution in [3.8, 4) is 17.2 Å². The molecule has 3 aliphatic rings. The molecule has 0 amide bonds. The van der Waals surface area contributed by atoms with Gasteiger partial charge in [-0.15, -0.1) is 0 Å². The highest BCUT2D eigenvalue weighted by Gasteiger charge is 2.42. The molecule has 6 heteroatoms. The molecular weight excluding hydrogens is 370 g/mol. The first-order valence-corrected chi connectivity index (χ1v) is 10.4. The topological polar surface area (TPSA) is 71.4 Å². The lowest BCUT2D eigenvalue weighted by atomic mass is 9.81. The zero-order chi connectivity index (χ0) is 19.8. The van der Waals surface area contributed by atoms with Crippen LogP contribution in [0.15, 0.2) is 42.5 Å². The van der Waals surface area contributed by atoms with Gasteiger partial charge in [-0.1, -0.05) is 24.3 Å². The minimum atomic E-state index is -0.585. The third-order valence-electron chi connectivity index (χ3n) is 6.32. The lowest BCUT2D eigenvalue weighted by Gasteiger charge is -2.46. The number of aliphatic hydroxyl groups excluding tert-OH is 2. The summed E-state index contributed by atoms with van der Waals surface area (Å²) in [6.45, 7) is 3.32. The van der Waals surface area contributed by atoms with Crippen molar-refractivity contribution in [2.24, 2.45) is 0 Å².